The number of hydrogen-bond donors (Lipinski definition) is 1. The predicted octanol–water partition coefficient (Wildman–Crippen LogP) is 0.461. The molecule has 1 N–H and O–H groups in total. The first-order valence-corrected chi connectivity index (χ1v) is 6.95. The highest BCUT2D eigenvalue weighted by Crippen LogP contribution is 2.12. The van der Waals surface area contributed by atoms with Crippen LogP contribution in [0.15, 0.2) is 30.3 Å². The lowest BCUT2D eigenvalue weighted by Gasteiger charge is -2.38. The van der Waals surface area contributed by atoms with Crippen LogP contribution in [0.3, 0.4) is 0 Å². The van der Waals surface area contributed by atoms with Crippen LogP contribution in [0.4, 0.5) is 4.79 Å². The second-order valence-corrected chi connectivity index (χ2v) is 4.98. The van der Waals surface area contributed by atoms with Crippen molar-refractivity contribution in [2.24, 2.45) is 0 Å². The Morgan fingerprint density at radius 2 is 2.14 bits per heavy atom. The number of piperazine rings is 1. The topological polar surface area (TPSA) is 70.1 Å². The predicted molar refractivity (Wildman–Crippen MR) is 79.6 cm³/mol. The van der Waals surface area contributed by atoms with Crippen LogP contribution in [-0.4, -0.2) is 59.2 Å². The molecule has 22 heavy (non-hydrogen) atoms. The highest BCUT2D eigenvalue weighted by atomic mass is 16.6. The van der Waals surface area contributed by atoms with E-state index < -0.39 is 12.1 Å². The fourth-order valence-corrected chi connectivity index (χ4v) is 2.30. The van der Waals surface area contributed by atoms with E-state index in [4.69, 9.17) is 11.2 Å². The molecule has 0 spiro atoms. The van der Waals surface area contributed by atoms with Crippen LogP contribution in [0, 0.1) is 12.3 Å². The zero-order valence-electron chi connectivity index (χ0n) is 12.1. The van der Waals surface area contributed by atoms with Crippen molar-refractivity contribution in [3.8, 4) is 12.3 Å². The molecule has 0 aliphatic carbocycles. The van der Waals surface area contributed by atoms with E-state index in [0.717, 1.165) is 5.56 Å². The molecule has 1 aliphatic heterocycles. The van der Waals surface area contributed by atoms with Gasteiger partial charge in [-0.2, -0.15) is 0 Å². The summed E-state index contributed by atoms with van der Waals surface area (Å²) in [6.45, 7) is 0.123. The van der Waals surface area contributed by atoms with Gasteiger partial charge in [0, 0.05) is 6.54 Å². The molecule has 1 aliphatic rings. The maximum Gasteiger partial charge on any atom is 0.410 e. The van der Waals surface area contributed by atoms with Gasteiger partial charge < -0.3 is 14.7 Å². The zero-order valence-corrected chi connectivity index (χ0v) is 12.1. The minimum atomic E-state index is -0.573. The first kappa shape index (κ1) is 15.9. The molecule has 0 saturated carbocycles. The molecule has 2 amide bonds. The third-order valence-electron chi connectivity index (χ3n) is 3.45. The Bertz CT molecular complexity index is 567. The van der Waals surface area contributed by atoms with Gasteiger partial charge in [-0.3, -0.25) is 9.69 Å². The van der Waals surface area contributed by atoms with Crippen molar-refractivity contribution in [1.29, 1.82) is 0 Å². The molecule has 1 atom stereocenters. The number of nitrogens with zero attached hydrogens (tertiary/aromatic N) is 2. The highest BCUT2D eigenvalue weighted by Gasteiger charge is 2.34. The summed E-state index contributed by atoms with van der Waals surface area (Å²) in [4.78, 5) is 26.8. The molecule has 1 saturated heterocycles. The first-order chi connectivity index (χ1) is 10.7. The minimum absolute atomic E-state index is 0.0915. The lowest BCUT2D eigenvalue weighted by atomic mass is 10.2. The Morgan fingerprint density at radius 3 is 2.77 bits per heavy atom. The maximum absolute atomic E-state index is 12.1. The van der Waals surface area contributed by atoms with Gasteiger partial charge in [0.2, 0.25) is 5.91 Å². The van der Waals surface area contributed by atoms with Gasteiger partial charge in [0.1, 0.15) is 13.2 Å². The molecule has 6 heteroatoms. The van der Waals surface area contributed by atoms with Crippen molar-refractivity contribution in [3.05, 3.63) is 35.9 Å². The number of rotatable bonds is 4. The van der Waals surface area contributed by atoms with Crippen LogP contribution >= 0.6 is 0 Å². The molecule has 1 heterocycles. The minimum Gasteiger partial charge on any atom is -0.445 e. The van der Waals surface area contributed by atoms with E-state index in [1.54, 1.807) is 0 Å². The summed E-state index contributed by atoms with van der Waals surface area (Å²) in [6.07, 6.45) is 4.64. The van der Waals surface area contributed by atoms with Crippen LogP contribution in [0.5, 0.6) is 0 Å². The largest absolute Gasteiger partial charge is 0.445 e. The SMILES string of the molecule is C#CCN1C(=O)CN(C(=O)OCc2ccccc2)CC1CO. The third-order valence-corrected chi connectivity index (χ3v) is 3.45. The van der Waals surface area contributed by atoms with Crippen molar-refractivity contribution in [2.45, 2.75) is 12.6 Å². The number of amides is 2. The summed E-state index contributed by atoms with van der Waals surface area (Å²) >= 11 is 0. The Labute approximate surface area is 129 Å². The van der Waals surface area contributed by atoms with E-state index in [9.17, 15) is 14.7 Å². The van der Waals surface area contributed by atoms with Gasteiger partial charge in [-0.05, 0) is 5.56 Å². The van der Waals surface area contributed by atoms with Crippen LogP contribution < -0.4 is 0 Å². The molecule has 0 aromatic heterocycles. The second kappa shape index (κ2) is 7.48. The molecule has 116 valence electrons. The van der Waals surface area contributed by atoms with Gasteiger partial charge in [-0.25, -0.2) is 4.79 Å². The molecule has 1 aromatic rings. The normalized spacial score (nSPS) is 18.0. The summed E-state index contributed by atoms with van der Waals surface area (Å²) in [5.74, 6) is 2.09. The van der Waals surface area contributed by atoms with Gasteiger partial charge >= 0.3 is 6.09 Å². The molecule has 6 nitrogen and oxygen atoms in total. The molecule has 0 bridgehead atoms. The molecular formula is C16H18N2O4. The highest BCUT2D eigenvalue weighted by molar-refractivity contribution is 5.84. The monoisotopic (exact) mass is 302 g/mol. The Hall–Kier alpha value is -2.52. The fourth-order valence-electron chi connectivity index (χ4n) is 2.30. The number of carbonyl (C=O) groups is 2. The molecule has 1 aromatic carbocycles. The number of carbonyl (C=O) groups excluding carboxylic acids is 2. The molecule has 1 unspecified atom stereocenters. The summed E-state index contributed by atoms with van der Waals surface area (Å²) in [5, 5.41) is 9.37. The number of aliphatic hydroxyl groups is 1. The fraction of sp³-hybridized carbons (Fsp3) is 0.375. The molecule has 0 radical (unpaired) electrons. The van der Waals surface area contributed by atoms with Gasteiger partial charge in [0.25, 0.3) is 0 Å². The average molecular weight is 302 g/mol. The Morgan fingerprint density at radius 1 is 1.41 bits per heavy atom. The number of aliphatic hydroxyl groups excluding tert-OH is 1. The average Bonchev–Trinajstić information content (AvgIpc) is 2.55. The molecule has 1 fully saturated rings. The lowest BCUT2D eigenvalue weighted by Crippen LogP contribution is -2.59. The quantitative estimate of drug-likeness (QED) is 0.821. The van der Waals surface area contributed by atoms with Crippen molar-refractivity contribution in [2.75, 3.05) is 26.2 Å². The standard InChI is InChI=1S/C16H18N2O4/c1-2-8-18-14(11-19)9-17(10-15(18)20)16(21)22-12-13-6-4-3-5-7-13/h1,3-7,14,19H,8-12H2. The summed E-state index contributed by atoms with van der Waals surface area (Å²) in [5.41, 5.74) is 0.867. The molecule has 2 rings (SSSR count). The smallest absolute Gasteiger partial charge is 0.410 e. The second-order valence-electron chi connectivity index (χ2n) is 4.98. The number of ether oxygens (including phenoxy) is 1. The van der Waals surface area contributed by atoms with E-state index in [2.05, 4.69) is 5.92 Å². The maximum atomic E-state index is 12.1. The van der Waals surface area contributed by atoms with Crippen LogP contribution in [0.25, 0.3) is 0 Å². The van der Waals surface area contributed by atoms with Crippen molar-refractivity contribution in [3.63, 3.8) is 0 Å². The van der Waals surface area contributed by atoms with Crippen LogP contribution in [0.1, 0.15) is 5.56 Å². The summed E-state index contributed by atoms with van der Waals surface area (Å²) in [7, 11) is 0. The van der Waals surface area contributed by atoms with Crippen LogP contribution in [-0.2, 0) is 16.1 Å². The Balaban J connectivity index is 1.93. The number of benzene rings is 1. The molecular weight excluding hydrogens is 284 g/mol. The van der Waals surface area contributed by atoms with E-state index in [1.165, 1.54) is 9.80 Å². The third kappa shape index (κ3) is 3.77. The van der Waals surface area contributed by atoms with Gasteiger partial charge in [0.15, 0.2) is 0 Å². The van der Waals surface area contributed by atoms with E-state index in [-0.39, 0.29) is 38.8 Å². The summed E-state index contributed by atoms with van der Waals surface area (Å²) in [6, 6.07) is 8.78. The zero-order chi connectivity index (χ0) is 15.9. The van der Waals surface area contributed by atoms with Crippen molar-refractivity contribution in [1.82, 2.24) is 9.80 Å². The van der Waals surface area contributed by atoms with Gasteiger partial charge in [-0.1, -0.05) is 36.3 Å². The van der Waals surface area contributed by atoms with E-state index in [1.807, 2.05) is 30.3 Å². The lowest BCUT2D eigenvalue weighted by molar-refractivity contribution is -0.139. The number of hydrogen-bond acceptors (Lipinski definition) is 4. The van der Waals surface area contributed by atoms with Gasteiger partial charge in [0.05, 0.1) is 19.2 Å². The Kier molecular flexibility index (Phi) is 5.39. The van der Waals surface area contributed by atoms with E-state index in [0.29, 0.717) is 0 Å². The van der Waals surface area contributed by atoms with E-state index >= 15 is 0 Å². The van der Waals surface area contributed by atoms with Crippen LogP contribution in [0.2, 0.25) is 0 Å². The first-order valence-electron chi connectivity index (χ1n) is 6.95. The summed E-state index contributed by atoms with van der Waals surface area (Å²) < 4.78 is 5.20. The van der Waals surface area contributed by atoms with Crippen molar-refractivity contribution >= 4 is 12.0 Å². The number of terminal acetylenes is 1. The van der Waals surface area contributed by atoms with Crippen molar-refractivity contribution < 1.29 is 19.4 Å². The van der Waals surface area contributed by atoms with Gasteiger partial charge in [-0.15, -0.1) is 6.42 Å².